The van der Waals surface area contributed by atoms with E-state index in [1.54, 1.807) is 28.0 Å². The van der Waals surface area contributed by atoms with Crippen LogP contribution >= 0.6 is 0 Å². The van der Waals surface area contributed by atoms with Crippen molar-refractivity contribution in [2.45, 2.75) is 12.8 Å². The number of rotatable bonds is 5. The summed E-state index contributed by atoms with van der Waals surface area (Å²) in [5.74, 6) is -0.566. The number of hydrogen-bond donors (Lipinski definition) is 0. The first-order valence-electron chi connectivity index (χ1n) is 12.4. The van der Waals surface area contributed by atoms with E-state index in [1.807, 2.05) is 48.5 Å². The van der Waals surface area contributed by atoms with Crippen molar-refractivity contribution in [3.8, 4) is 0 Å². The highest BCUT2D eigenvalue weighted by molar-refractivity contribution is 6.25. The number of para-hydroxylation sites is 1. The van der Waals surface area contributed by atoms with E-state index in [1.165, 1.54) is 4.90 Å². The highest BCUT2D eigenvalue weighted by Gasteiger charge is 2.33. The maximum Gasteiger partial charge on any atom is 0.289 e. The first kappa shape index (κ1) is 23.0. The fourth-order valence-corrected chi connectivity index (χ4v) is 5.23. The molecule has 1 saturated heterocycles. The van der Waals surface area contributed by atoms with Gasteiger partial charge in [-0.1, -0.05) is 42.5 Å². The van der Waals surface area contributed by atoms with Gasteiger partial charge in [0.1, 0.15) is 5.58 Å². The van der Waals surface area contributed by atoms with Gasteiger partial charge in [0.2, 0.25) is 5.91 Å². The van der Waals surface area contributed by atoms with Gasteiger partial charge in [-0.05, 0) is 36.1 Å². The molecular formula is C29H25N3O5. The normalized spacial score (nSPS) is 15.6. The third kappa shape index (κ3) is 4.04. The molecule has 0 atom stereocenters. The van der Waals surface area contributed by atoms with Gasteiger partial charge in [-0.25, -0.2) is 0 Å². The van der Waals surface area contributed by atoms with Gasteiger partial charge in [0.05, 0.1) is 0 Å². The van der Waals surface area contributed by atoms with Crippen LogP contribution in [0, 0.1) is 0 Å². The van der Waals surface area contributed by atoms with Gasteiger partial charge in [-0.2, -0.15) is 0 Å². The predicted octanol–water partition coefficient (Wildman–Crippen LogP) is 3.95. The Balaban J connectivity index is 1.03. The van der Waals surface area contributed by atoms with Gasteiger partial charge in [-0.3, -0.25) is 24.1 Å². The van der Waals surface area contributed by atoms with Crippen LogP contribution in [0.25, 0.3) is 21.7 Å². The van der Waals surface area contributed by atoms with Crippen molar-refractivity contribution >= 4 is 45.4 Å². The minimum absolute atomic E-state index is 0.0461. The number of carbonyl (C=O) groups is 4. The molecule has 2 aliphatic heterocycles. The molecule has 8 nitrogen and oxygen atoms in total. The van der Waals surface area contributed by atoms with Crippen LogP contribution in [-0.4, -0.2) is 71.1 Å². The lowest BCUT2D eigenvalue weighted by Gasteiger charge is -2.34. The topological polar surface area (TPSA) is 91.1 Å². The standard InChI is InChI=1S/C29H25N3O5/c33-25(30-14-16-31(17-15-30)29(36)24-18-20-6-1-2-11-23(20)37-24)12-5-13-32-27(34)21-9-3-7-19-8-4-10-22(26(19)21)28(32)35/h1-4,6-11,18H,5,12-17H2. The average Bonchev–Trinajstić information content (AvgIpc) is 3.37. The van der Waals surface area contributed by atoms with E-state index < -0.39 is 0 Å². The molecule has 0 saturated carbocycles. The van der Waals surface area contributed by atoms with Crippen LogP contribution in [0.4, 0.5) is 0 Å². The highest BCUT2D eigenvalue weighted by atomic mass is 16.3. The van der Waals surface area contributed by atoms with E-state index in [-0.39, 0.29) is 36.6 Å². The lowest BCUT2D eigenvalue weighted by atomic mass is 9.94. The Kier molecular flexibility index (Phi) is 5.71. The minimum Gasteiger partial charge on any atom is -0.451 e. The first-order chi connectivity index (χ1) is 18.0. The molecule has 1 aromatic heterocycles. The van der Waals surface area contributed by atoms with Crippen LogP contribution in [0.5, 0.6) is 0 Å². The largest absolute Gasteiger partial charge is 0.451 e. The lowest BCUT2D eigenvalue weighted by molar-refractivity contribution is -0.132. The van der Waals surface area contributed by atoms with Gasteiger partial charge in [-0.15, -0.1) is 0 Å². The summed E-state index contributed by atoms with van der Waals surface area (Å²) in [5, 5.41) is 2.44. The van der Waals surface area contributed by atoms with Gasteiger partial charge in [0, 0.05) is 61.0 Å². The summed E-state index contributed by atoms with van der Waals surface area (Å²) in [6, 6.07) is 20.1. The molecule has 4 amide bonds. The summed E-state index contributed by atoms with van der Waals surface area (Å²) >= 11 is 0. The van der Waals surface area contributed by atoms with Crippen molar-refractivity contribution in [2.75, 3.05) is 32.7 Å². The van der Waals surface area contributed by atoms with Crippen molar-refractivity contribution in [3.63, 3.8) is 0 Å². The smallest absolute Gasteiger partial charge is 0.289 e. The second-order valence-corrected chi connectivity index (χ2v) is 9.40. The van der Waals surface area contributed by atoms with E-state index >= 15 is 0 Å². The summed E-state index contributed by atoms with van der Waals surface area (Å²) in [7, 11) is 0. The molecule has 37 heavy (non-hydrogen) atoms. The van der Waals surface area contributed by atoms with Crippen LogP contribution < -0.4 is 0 Å². The molecule has 3 heterocycles. The fourth-order valence-electron chi connectivity index (χ4n) is 5.23. The summed E-state index contributed by atoms with van der Waals surface area (Å²) < 4.78 is 5.69. The zero-order valence-corrected chi connectivity index (χ0v) is 20.2. The molecule has 186 valence electrons. The second kappa shape index (κ2) is 9.20. The fraction of sp³-hybridized carbons (Fsp3) is 0.241. The molecule has 0 radical (unpaired) electrons. The Morgan fingerprint density at radius 1 is 0.757 bits per heavy atom. The van der Waals surface area contributed by atoms with Crippen LogP contribution in [0.3, 0.4) is 0 Å². The predicted molar refractivity (Wildman–Crippen MR) is 137 cm³/mol. The minimum atomic E-state index is -0.320. The molecule has 0 bridgehead atoms. The van der Waals surface area contributed by atoms with Crippen molar-refractivity contribution < 1.29 is 23.6 Å². The summed E-state index contributed by atoms with van der Waals surface area (Å²) in [5.41, 5.74) is 1.71. The van der Waals surface area contributed by atoms with Crippen molar-refractivity contribution in [1.29, 1.82) is 0 Å². The number of hydrogen-bond acceptors (Lipinski definition) is 5. The molecule has 8 heteroatoms. The van der Waals surface area contributed by atoms with Crippen molar-refractivity contribution in [2.24, 2.45) is 0 Å². The highest BCUT2D eigenvalue weighted by Crippen LogP contribution is 2.30. The summed E-state index contributed by atoms with van der Waals surface area (Å²) in [6.07, 6.45) is 0.604. The zero-order valence-electron chi connectivity index (χ0n) is 20.2. The number of furan rings is 1. The quantitative estimate of drug-likeness (QED) is 0.391. The maximum atomic E-state index is 13.0. The molecule has 6 rings (SSSR count). The summed E-state index contributed by atoms with van der Waals surface area (Å²) in [6.45, 7) is 1.89. The Bertz CT molecular complexity index is 1480. The van der Waals surface area contributed by atoms with Gasteiger partial charge < -0.3 is 14.2 Å². The van der Waals surface area contributed by atoms with Crippen LogP contribution in [0.1, 0.15) is 44.1 Å². The van der Waals surface area contributed by atoms with Crippen LogP contribution in [0.2, 0.25) is 0 Å². The number of fused-ring (bicyclic) bond motifs is 1. The first-order valence-corrected chi connectivity index (χ1v) is 12.4. The third-order valence-corrected chi connectivity index (χ3v) is 7.18. The molecule has 0 spiro atoms. The third-order valence-electron chi connectivity index (χ3n) is 7.18. The SMILES string of the molecule is O=C(CCCN1C(=O)c2cccc3cccc(c23)C1=O)N1CCN(C(=O)c2cc3ccccc3o2)CC1. The number of carbonyl (C=O) groups excluding carboxylic acids is 4. The number of nitrogens with zero attached hydrogens (tertiary/aromatic N) is 3. The second-order valence-electron chi connectivity index (χ2n) is 9.40. The summed E-state index contributed by atoms with van der Waals surface area (Å²) in [4.78, 5) is 56.4. The average molecular weight is 496 g/mol. The van der Waals surface area contributed by atoms with E-state index in [4.69, 9.17) is 4.42 Å². The molecule has 0 aliphatic carbocycles. The molecule has 0 unspecified atom stereocenters. The number of benzene rings is 3. The van der Waals surface area contributed by atoms with Crippen LogP contribution in [-0.2, 0) is 4.79 Å². The molecule has 4 aromatic rings. The molecule has 0 N–H and O–H groups in total. The zero-order chi connectivity index (χ0) is 25.5. The monoisotopic (exact) mass is 495 g/mol. The maximum absolute atomic E-state index is 13.0. The molecule has 2 aliphatic rings. The van der Waals surface area contributed by atoms with Crippen LogP contribution in [0.15, 0.2) is 71.1 Å². The molecular weight excluding hydrogens is 470 g/mol. The number of amides is 4. The lowest BCUT2D eigenvalue weighted by Crippen LogP contribution is -2.50. The Labute approximate surface area is 213 Å². The molecule has 1 fully saturated rings. The molecule has 3 aromatic carbocycles. The van der Waals surface area contributed by atoms with E-state index in [0.29, 0.717) is 60.5 Å². The van der Waals surface area contributed by atoms with Gasteiger partial charge >= 0.3 is 0 Å². The van der Waals surface area contributed by atoms with E-state index in [9.17, 15) is 19.2 Å². The van der Waals surface area contributed by atoms with Crippen molar-refractivity contribution in [3.05, 3.63) is 83.6 Å². The Morgan fingerprint density at radius 2 is 1.38 bits per heavy atom. The van der Waals surface area contributed by atoms with Gasteiger partial charge in [0.25, 0.3) is 17.7 Å². The van der Waals surface area contributed by atoms with Crippen molar-refractivity contribution in [1.82, 2.24) is 14.7 Å². The van der Waals surface area contributed by atoms with E-state index in [0.717, 1.165) is 10.8 Å². The Hall–Kier alpha value is -4.46. The number of imide groups is 1. The Morgan fingerprint density at radius 3 is 2.05 bits per heavy atom. The number of piperazine rings is 1. The van der Waals surface area contributed by atoms with Gasteiger partial charge in [0.15, 0.2) is 5.76 Å². The van der Waals surface area contributed by atoms with E-state index in [2.05, 4.69) is 0 Å².